The summed E-state index contributed by atoms with van der Waals surface area (Å²) in [5.74, 6) is 2.11. The lowest BCUT2D eigenvalue weighted by molar-refractivity contribution is 0.270. The van der Waals surface area contributed by atoms with Gasteiger partial charge in [0.05, 0.1) is 5.39 Å². The van der Waals surface area contributed by atoms with Crippen molar-refractivity contribution in [1.29, 1.82) is 0 Å². The number of likely N-dealkylation sites (N-methyl/N-ethyl adjacent to an activating group) is 1. The Bertz CT molecular complexity index is 599. The number of fused-ring (bicyclic) bond motifs is 1. The lowest BCUT2D eigenvalue weighted by atomic mass is 10.2. The summed E-state index contributed by atoms with van der Waals surface area (Å²) in [6.45, 7) is 12.0. The standard InChI is InChI=1S/C15H22N4S/c1-4-13-16-14(12-10-11(3)20-15(12)17-13)19-8-6-18(5-2)7-9-19/h10H,4-9H2,1-3H3. The van der Waals surface area contributed by atoms with E-state index < -0.39 is 0 Å². The van der Waals surface area contributed by atoms with Crippen molar-refractivity contribution >= 4 is 27.4 Å². The summed E-state index contributed by atoms with van der Waals surface area (Å²) in [6.07, 6.45) is 0.898. The summed E-state index contributed by atoms with van der Waals surface area (Å²) < 4.78 is 0. The first-order chi connectivity index (χ1) is 9.71. The highest BCUT2D eigenvalue weighted by Gasteiger charge is 2.20. The van der Waals surface area contributed by atoms with Crippen LogP contribution in [0.25, 0.3) is 10.2 Å². The molecular weight excluding hydrogens is 268 g/mol. The Morgan fingerprint density at radius 3 is 2.55 bits per heavy atom. The molecule has 0 unspecified atom stereocenters. The van der Waals surface area contributed by atoms with Crippen LogP contribution in [-0.2, 0) is 6.42 Å². The first-order valence-electron chi connectivity index (χ1n) is 7.45. The van der Waals surface area contributed by atoms with Gasteiger partial charge in [-0.25, -0.2) is 9.97 Å². The van der Waals surface area contributed by atoms with Gasteiger partial charge in [-0.1, -0.05) is 13.8 Å². The predicted molar refractivity (Wildman–Crippen MR) is 85.9 cm³/mol. The van der Waals surface area contributed by atoms with Crippen molar-refractivity contribution in [2.75, 3.05) is 37.6 Å². The average Bonchev–Trinajstić information content (AvgIpc) is 2.86. The van der Waals surface area contributed by atoms with E-state index in [0.717, 1.165) is 55.6 Å². The third kappa shape index (κ3) is 2.52. The SMILES string of the molecule is CCc1nc(N2CCN(CC)CC2)c2cc(C)sc2n1. The Kier molecular flexibility index (Phi) is 3.89. The molecule has 0 amide bonds. The van der Waals surface area contributed by atoms with Crippen LogP contribution >= 0.6 is 11.3 Å². The Hall–Kier alpha value is -1.20. The van der Waals surface area contributed by atoms with Gasteiger partial charge in [-0.15, -0.1) is 11.3 Å². The third-order valence-electron chi connectivity index (χ3n) is 3.98. The first-order valence-corrected chi connectivity index (χ1v) is 8.27. The number of rotatable bonds is 3. The van der Waals surface area contributed by atoms with Gasteiger partial charge >= 0.3 is 0 Å². The highest BCUT2D eigenvalue weighted by Crippen LogP contribution is 2.31. The van der Waals surface area contributed by atoms with Crippen LogP contribution in [-0.4, -0.2) is 47.6 Å². The van der Waals surface area contributed by atoms with Crippen LogP contribution in [0.1, 0.15) is 24.5 Å². The molecule has 3 heterocycles. The molecule has 0 atom stereocenters. The second-order valence-electron chi connectivity index (χ2n) is 5.31. The second-order valence-corrected chi connectivity index (χ2v) is 6.55. The van der Waals surface area contributed by atoms with Gasteiger partial charge in [-0.2, -0.15) is 0 Å². The minimum atomic E-state index is 0.898. The molecule has 20 heavy (non-hydrogen) atoms. The minimum absolute atomic E-state index is 0.898. The lowest BCUT2D eigenvalue weighted by Gasteiger charge is -2.35. The zero-order valence-corrected chi connectivity index (χ0v) is 13.3. The molecule has 2 aromatic rings. The molecule has 1 fully saturated rings. The van der Waals surface area contributed by atoms with Crippen molar-refractivity contribution < 1.29 is 0 Å². The van der Waals surface area contributed by atoms with Gasteiger partial charge in [0.25, 0.3) is 0 Å². The molecule has 0 bridgehead atoms. The fourth-order valence-corrected chi connectivity index (χ4v) is 3.64. The highest BCUT2D eigenvalue weighted by atomic mass is 32.1. The van der Waals surface area contributed by atoms with Gasteiger partial charge in [0.1, 0.15) is 16.5 Å². The Morgan fingerprint density at radius 1 is 1.15 bits per heavy atom. The lowest BCUT2D eigenvalue weighted by Crippen LogP contribution is -2.46. The van der Waals surface area contributed by atoms with Crippen molar-refractivity contribution in [2.24, 2.45) is 0 Å². The van der Waals surface area contributed by atoms with Crippen LogP contribution in [0.15, 0.2) is 6.07 Å². The van der Waals surface area contributed by atoms with Gasteiger partial charge in [0.15, 0.2) is 0 Å². The third-order valence-corrected chi connectivity index (χ3v) is 4.92. The van der Waals surface area contributed by atoms with E-state index in [0.29, 0.717) is 0 Å². The molecule has 3 rings (SSSR count). The molecule has 108 valence electrons. The van der Waals surface area contributed by atoms with E-state index in [1.54, 1.807) is 11.3 Å². The summed E-state index contributed by atoms with van der Waals surface area (Å²) >= 11 is 1.78. The fourth-order valence-electron chi connectivity index (χ4n) is 2.74. The van der Waals surface area contributed by atoms with Gasteiger partial charge in [-0.3, -0.25) is 0 Å². The maximum atomic E-state index is 4.81. The Balaban J connectivity index is 1.97. The predicted octanol–water partition coefficient (Wildman–Crippen LogP) is 2.70. The summed E-state index contributed by atoms with van der Waals surface area (Å²) in [5, 5.41) is 1.23. The Morgan fingerprint density at radius 2 is 1.90 bits per heavy atom. The van der Waals surface area contributed by atoms with E-state index >= 15 is 0 Å². The summed E-state index contributed by atoms with van der Waals surface area (Å²) in [6, 6.07) is 2.24. The number of aryl methyl sites for hydroxylation is 2. The molecule has 0 N–H and O–H groups in total. The van der Waals surface area contributed by atoms with E-state index in [2.05, 4.69) is 41.6 Å². The van der Waals surface area contributed by atoms with Crippen LogP contribution in [0.3, 0.4) is 0 Å². The van der Waals surface area contributed by atoms with Crippen LogP contribution in [0, 0.1) is 6.92 Å². The summed E-state index contributed by atoms with van der Waals surface area (Å²) in [7, 11) is 0. The molecule has 1 saturated heterocycles. The van der Waals surface area contributed by atoms with Gasteiger partial charge < -0.3 is 9.80 Å². The van der Waals surface area contributed by atoms with Crippen LogP contribution in [0.5, 0.6) is 0 Å². The monoisotopic (exact) mass is 290 g/mol. The van der Waals surface area contributed by atoms with Crippen LogP contribution < -0.4 is 4.90 Å². The number of anilines is 1. The molecule has 0 spiro atoms. The number of hydrogen-bond donors (Lipinski definition) is 0. The van der Waals surface area contributed by atoms with Crippen molar-refractivity contribution in [2.45, 2.75) is 27.2 Å². The Labute approximate surface area is 124 Å². The van der Waals surface area contributed by atoms with E-state index in [4.69, 9.17) is 4.98 Å². The largest absolute Gasteiger partial charge is 0.353 e. The van der Waals surface area contributed by atoms with Gasteiger partial charge in [-0.05, 0) is 19.5 Å². The molecule has 4 nitrogen and oxygen atoms in total. The van der Waals surface area contributed by atoms with Crippen molar-refractivity contribution in [1.82, 2.24) is 14.9 Å². The quantitative estimate of drug-likeness (QED) is 0.870. The summed E-state index contributed by atoms with van der Waals surface area (Å²) in [4.78, 5) is 16.9. The van der Waals surface area contributed by atoms with Gasteiger partial charge in [0.2, 0.25) is 0 Å². The highest BCUT2D eigenvalue weighted by molar-refractivity contribution is 7.18. The number of aromatic nitrogens is 2. The molecule has 5 heteroatoms. The summed E-state index contributed by atoms with van der Waals surface area (Å²) in [5.41, 5.74) is 0. The minimum Gasteiger partial charge on any atom is -0.353 e. The molecule has 2 aromatic heterocycles. The molecular formula is C15H22N4S. The average molecular weight is 290 g/mol. The first kappa shape index (κ1) is 13.8. The maximum Gasteiger partial charge on any atom is 0.141 e. The normalized spacial score (nSPS) is 17.1. The van der Waals surface area contributed by atoms with Crippen molar-refractivity contribution in [3.8, 4) is 0 Å². The fraction of sp³-hybridized carbons (Fsp3) is 0.600. The van der Waals surface area contributed by atoms with Crippen molar-refractivity contribution in [3.05, 3.63) is 16.8 Å². The molecule has 0 aromatic carbocycles. The van der Waals surface area contributed by atoms with E-state index in [9.17, 15) is 0 Å². The zero-order chi connectivity index (χ0) is 14.1. The van der Waals surface area contributed by atoms with Crippen LogP contribution in [0.2, 0.25) is 0 Å². The molecule has 0 saturated carbocycles. The number of hydrogen-bond acceptors (Lipinski definition) is 5. The van der Waals surface area contributed by atoms with E-state index in [1.807, 2.05) is 0 Å². The zero-order valence-electron chi connectivity index (χ0n) is 12.5. The van der Waals surface area contributed by atoms with Gasteiger partial charge in [0, 0.05) is 37.5 Å². The van der Waals surface area contributed by atoms with E-state index in [-0.39, 0.29) is 0 Å². The van der Waals surface area contributed by atoms with E-state index in [1.165, 1.54) is 10.3 Å². The maximum absolute atomic E-state index is 4.81. The molecule has 1 aliphatic heterocycles. The number of nitrogens with zero attached hydrogens (tertiary/aromatic N) is 4. The topological polar surface area (TPSA) is 32.3 Å². The van der Waals surface area contributed by atoms with Crippen LogP contribution in [0.4, 0.5) is 5.82 Å². The number of thiophene rings is 1. The second kappa shape index (κ2) is 5.66. The molecule has 1 aliphatic rings. The smallest absolute Gasteiger partial charge is 0.141 e. The number of piperazine rings is 1. The van der Waals surface area contributed by atoms with Crippen molar-refractivity contribution in [3.63, 3.8) is 0 Å². The molecule has 0 aliphatic carbocycles. The molecule has 0 radical (unpaired) electrons.